The fraction of sp³-hybridized carbons (Fsp3) is 1.00. The standard InChI is InChI=1S/C17H36O2.C14H30.C8H19N.C3H9N.C2H6OS.CH4/c1-4-6-8-10-12-14-17(16-19-18-3)15-13-11-9-7-5-2;1-3-5-7-9-11-13-14-12-10-8-6-4-2;1-2-3-4-5-6-7-8-9;1-3-4-2;1-2-4-3;/h17H,4-16H2,1-3H3;3-14H2,1-2H3;2-9H2,1H3;4H,3H2,1-2H3;3H,2H2,1H3;1H4. The molecule has 0 heterocycles. The molecule has 0 saturated heterocycles. The van der Waals surface area contributed by atoms with Crippen LogP contribution in [0.5, 0.6) is 0 Å². The third-order valence-electron chi connectivity index (χ3n) is 8.85. The molecule has 0 aliphatic rings. The molecular formula is C45H104N2O3S. The van der Waals surface area contributed by atoms with Gasteiger partial charge in [0.2, 0.25) is 0 Å². The van der Waals surface area contributed by atoms with Gasteiger partial charge in [-0.25, -0.2) is 9.78 Å². The normalized spacial score (nSPS) is 10.1. The van der Waals surface area contributed by atoms with Crippen LogP contribution in [0.2, 0.25) is 0 Å². The maximum atomic E-state index is 7.79. The zero-order chi connectivity index (χ0) is 38.4. The minimum atomic E-state index is 0. The Balaban J connectivity index is -0.000000139. The Morgan fingerprint density at radius 1 is 0.510 bits per heavy atom. The van der Waals surface area contributed by atoms with Crippen molar-refractivity contribution in [2.75, 3.05) is 39.6 Å². The van der Waals surface area contributed by atoms with E-state index < -0.39 is 0 Å². The molecule has 0 aromatic carbocycles. The quantitative estimate of drug-likeness (QED) is 0.0263. The van der Waals surface area contributed by atoms with Crippen LogP contribution in [0, 0.1) is 5.92 Å². The van der Waals surface area contributed by atoms with Gasteiger partial charge in [-0.15, -0.1) is 0 Å². The molecule has 0 aliphatic heterocycles. The van der Waals surface area contributed by atoms with Gasteiger partial charge in [0.1, 0.15) is 0 Å². The summed E-state index contributed by atoms with van der Waals surface area (Å²) < 4.78 is 7.79. The Bertz CT molecular complexity index is 435. The average molecular weight is 753 g/mol. The van der Waals surface area contributed by atoms with Crippen molar-refractivity contribution >= 4 is 12.0 Å². The summed E-state index contributed by atoms with van der Waals surface area (Å²) in [5.41, 5.74) is 5.34. The van der Waals surface area contributed by atoms with Gasteiger partial charge in [0.05, 0.1) is 13.7 Å². The number of hydrogen-bond acceptors (Lipinski definition) is 6. The molecule has 0 bridgehead atoms. The van der Waals surface area contributed by atoms with Crippen LogP contribution in [0.15, 0.2) is 0 Å². The highest BCUT2D eigenvalue weighted by molar-refractivity contribution is 7.93. The fourth-order valence-electron chi connectivity index (χ4n) is 5.39. The molecule has 6 heteroatoms. The average Bonchev–Trinajstić information content (AvgIpc) is 3.14. The van der Waals surface area contributed by atoms with E-state index in [1.807, 2.05) is 14.0 Å². The Kier molecular flexibility index (Phi) is 88.5. The number of unbranched alkanes of at least 4 members (excludes halogenated alkanes) is 24. The van der Waals surface area contributed by atoms with Crippen molar-refractivity contribution in [1.82, 2.24) is 5.32 Å². The SMILES string of the molecule is C.CCCCCCCC(CCCCCCC)COOC.CCCCCCCCCCCCCC.CCCCCCCCN.CCNC.CCSO. The molecule has 0 atom stereocenters. The lowest BCUT2D eigenvalue weighted by molar-refractivity contribution is -0.280. The van der Waals surface area contributed by atoms with Crippen LogP contribution in [0.3, 0.4) is 0 Å². The summed E-state index contributed by atoms with van der Waals surface area (Å²) in [5.74, 6) is 1.49. The summed E-state index contributed by atoms with van der Waals surface area (Å²) in [5, 5.41) is 2.93. The van der Waals surface area contributed by atoms with Crippen molar-refractivity contribution < 1.29 is 14.3 Å². The zero-order valence-corrected chi connectivity index (χ0v) is 37.2. The summed E-state index contributed by atoms with van der Waals surface area (Å²) in [6.07, 6.45) is 41.8. The third-order valence-corrected chi connectivity index (χ3v) is 9.11. The van der Waals surface area contributed by atoms with Gasteiger partial charge in [0.15, 0.2) is 0 Å². The lowest BCUT2D eigenvalue weighted by atomic mass is 9.95. The molecule has 4 N–H and O–H groups in total. The Hall–Kier alpha value is 0.150. The smallest absolute Gasteiger partial charge is 0.0850 e. The van der Waals surface area contributed by atoms with E-state index in [0.29, 0.717) is 5.92 Å². The highest BCUT2D eigenvalue weighted by Gasteiger charge is 2.09. The maximum absolute atomic E-state index is 7.79. The first kappa shape index (κ1) is 63.1. The maximum Gasteiger partial charge on any atom is 0.0850 e. The van der Waals surface area contributed by atoms with Crippen LogP contribution >= 0.6 is 12.0 Å². The Morgan fingerprint density at radius 2 is 0.765 bits per heavy atom. The molecule has 5 nitrogen and oxygen atoms in total. The van der Waals surface area contributed by atoms with E-state index in [9.17, 15) is 0 Å². The monoisotopic (exact) mass is 753 g/mol. The van der Waals surface area contributed by atoms with Crippen LogP contribution < -0.4 is 11.1 Å². The third kappa shape index (κ3) is 84.2. The molecule has 51 heavy (non-hydrogen) atoms. The van der Waals surface area contributed by atoms with Crippen LogP contribution in [-0.2, 0) is 9.78 Å². The fourth-order valence-corrected chi connectivity index (χ4v) is 5.39. The summed E-state index contributed by atoms with van der Waals surface area (Å²) in [7, 11) is 3.54. The molecule has 0 spiro atoms. The van der Waals surface area contributed by atoms with E-state index in [4.69, 9.17) is 20.1 Å². The first-order chi connectivity index (χ1) is 24.5. The van der Waals surface area contributed by atoms with Gasteiger partial charge in [-0.05, 0) is 57.4 Å². The number of rotatable bonds is 34. The molecule has 318 valence electrons. The predicted molar refractivity (Wildman–Crippen MR) is 239 cm³/mol. The molecule has 0 rings (SSSR count). The second-order valence-corrected chi connectivity index (χ2v) is 14.8. The summed E-state index contributed by atoms with van der Waals surface area (Å²) in [6, 6.07) is 0. The van der Waals surface area contributed by atoms with Gasteiger partial charge in [0.25, 0.3) is 0 Å². The van der Waals surface area contributed by atoms with E-state index in [2.05, 4.69) is 46.9 Å². The van der Waals surface area contributed by atoms with Gasteiger partial charge in [-0.2, -0.15) is 0 Å². The predicted octanol–water partition coefficient (Wildman–Crippen LogP) is 16.0. The molecule has 0 unspecified atom stereocenters. The van der Waals surface area contributed by atoms with Crippen molar-refractivity contribution in [3.8, 4) is 0 Å². The van der Waals surface area contributed by atoms with Crippen molar-refractivity contribution in [2.24, 2.45) is 11.7 Å². The van der Waals surface area contributed by atoms with E-state index in [1.165, 1.54) is 193 Å². The van der Waals surface area contributed by atoms with Crippen LogP contribution in [0.4, 0.5) is 0 Å². The lowest BCUT2D eigenvalue weighted by Gasteiger charge is -2.15. The van der Waals surface area contributed by atoms with Crippen LogP contribution in [0.25, 0.3) is 0 Å². The van der Waals surface area contributed by atoms with Crippen LogP contribution in [-0.4, -0.2) is 44.2 Å². The topological polar surface area (TPSA) is 76.7 Å². The van der Waals surface area contributed by atoms with Crippen molar-refractivity contribution in [3.05, 3.63) is 0 Å². The molecule has 0 aliphatic carbocycles. The summed E-state index contributed by atoms with van der Waals surface area (Å²) >= 11 is 0.856. The second kappa shape index (κ2) is 71.5. The number of nitrogens with one attached hydrogen (secondary N) is 1. The van der Waals surface area contributed by atoms with E-state index in [-0.39, 0.29) is 7.43 Å². The largest absolute Gasteiger partial charge is 0.330 e. The summed E-state index contributed by atoms with van der Waals surface area (Å²) in [4.78, 5) is 9.91. The minimum absolute atomic E-state index is 0. The van der Waals surface area contributed by atoms with Gasteiger partial charge >= 0.3 is 0 Å². The Morgan fingerprint density at radius 3 is 0.980 bits per heavy atom. The van der Waals surface area contributed by atoms with E-state index >= 15 is 0 Å². The molecule has 0 aromatic heterocycles. The first-order valence-electron chi connectivity index (χ1n) is 22.3. The molecule has 0 fully saturated rings. The first-order valence-corrected chi connectivity index (χ1v) is 23.2. The van der Waals surface area contributed by atoms with E-state index in [0.717, 1.165) is 37.5 Å². The summed E-state index contributed by atoms with van der Waals surface area (Å²) in [6.45, 7) is 18.0. The molecule has 0 aromatic rings. The Labute approximate surface area is 330 Å². The van der Waals surface area contributed by atoms with Crippen molar-refractivity contribution in [3.63, 3.8) is 0 Å². The highest BCUT2D eigenvalue weighted by Crippen LogP contribution is 2.19. The number of hydrogen-bond donors (Lipinski definition) is 3. The van der Waals surface area contributed by atoms with Gasteiger partial charge < -0.3 is 15.6 Å². The van der Waals surface area contributed by atoms with Gasteiger partial charge in [-0.1, -0.05) is 229 Å². The number of nitrogens with two attached hydrogens (primary N) is 1. The van der Waals surface area contributed by atoms with Gasteiger partial charge in [0, 0.05) is 5.75 Å². The molecule has 0 saturated carbocycles. The molecule has 0 radical (unpaired) electrons. The van der Waals surface area contributed by atoms with E-state index in [1.54, 1.807) is 7.11 Å². The zero-order valence-electron chi connectivity index (χ0n) is 36.4. The molecule has 0 amide bonds. The van der Waals surface area contributed by atoms with Crippen LogP contribution in [0.1, 0.15) is 249 Å². The highest BCUT2D eigenvalue weighted by atomic mass is 32.2. The van der Waals surface area contributed by atoms with Crippen molar-refractivity contribution in [2.45, 2.75) is 249 Å². The lowest BCUT2D eigenvalue weighted by Crippen LogP contribution is -2.09. The second-order valence-electron chi connectivity index (χ2n) is 13.9. The van der Waals surface area contributed by atoms with Crippen molar-refractivity contribution in [1.29, 1.82) is 0 Å². The van der Waals surface area contributed by atoms with Gasteiger partial charge in [-0.3, -0.25) is 0 Å². The molecular weight excluding hydrogens is 649 g/mol. The minimum Gasteiger partial charge on any atom is -0.330 e.